The van der Waals surface area contributed by atoms with Crippen molar-refractivity contribution in [2.24, 2.45) is 0 Å². The molecule has 0 aliphatic rings. The molecule has 17 heavy (non-hydrogen) atoms. The first-order valence-corrected chi connectivity index (χ1v) is 6.50. The zero-order chi connectivity index (χ0) is 12.3. The van der Waals surface area contributed by atoms with Gasteiger partial charge in [0.1, 0.15) is 0 Å². The number of hydrogen-bond acceptors (Lipinski definition) is 3. The van der Waals surface area contributed by atoms with Gasteiger partial charge in [0.05, 0.1) is 0 Å². The molecule has 1 heterocycles. The van der Waals surface area contributed by atoms with E-state index in [0.717, 1.165) is 5.69 Å². The molecule has 0 bridgehead atoms. The Balaban J connectivity index is 2.00. The van der Waals surface area contributed by atoms with Gasteiger partial charge >= 0.3 is 4.87 Å². The number of aryl methyl sites for hydroxylation is 1. The minimum Gasteiger partial charge on any atom is -0.315 e. The van der Waals surface area contributed by atoms with E-state index in [1.807, 2.05) is 17.5 Å². The molecule has 0 amide bonds. The zero-order valence-electron chi connectivity index (χ0n) is 9.99. The molecular formula is C13H16N2OS. The Labute approximate surface area is 105 Å². The maximum atomic E-state index is 11.0. The number of hydrogen-bond donors (Lipinski definition) is 2. The van der Waals surface area contributed by atoms with Gasteiger partial charge in [0.25, 0.3) is 0 Å². The third-order valence-corrected chi connectivity index (χ3v) is 3.54. The second kappa shape index (κ2) is 5.29. The molecule has 2 N–H and O–H groups in total. The van der Waals surface area contributed by atoms with Gasteiger partial charge in [0.15, 0.2) is 0 Å². The first kappa shape index (κ1) is 12.1. The normalized spacial score (nSPS) is 12.6. The van der Waals surface area contributed by atoms with Crippen LogP contribution >= 0.6 is 11.3 Å². The standard InChI is InChI=1S/C13H16N2OS/c1-9-5-3-4-6-12(9)10(2)14-7-11-8-17-13(16)15-11/h3-6,8,10,14H,7H2,1-2H3,(H,15,16). The van der Waals surface area contributed by atoms with Crippen LogP contribution in [0.4, 0.5) is 0 Å². The summed E-state index contributed by atoms with van der Waals surface area (Å²) in [6, 6.07) is 8.61. The molecule has 0 radical (unpaired) electrons. The minimum atomic E-state index is 0.00495. The number of benzene rings is 1. The molecule has 0 saturated heterocycles. The van der Waals surface area contributed by atoms with E-state index in [9.17, 15) is 4.79 Å². The summed E-state index contributed by atoms with van der Waals surface area (Å²) in [5, 5.41) is 5.27. The third-order valence-electron chi connectivity index (χ3n) is 2.82. The molecule has 4 heteroatoms. The van der Waals surface area contributed by atoms with Crippen molar-refractivity contribution in [2.75, 3.05) is 0 Å². The zero-order valence-corrected chi connectivity index (χ0v) is 10.8. The molecule has 90 valence electrons. The molecule has 0 aliphatic heterocycles. The lowest BCUT2D eigenvalue weighted by Gasteiger charge is -2.15. The Morgan fingerprint density at radius 3 is 2.82 bits per heavy atom. The van der Waals surface area contributed by atoms with Crippen molar-refractivity contribution in [1.82, 2.24) is 10.3 Å². The van der Waals surface area contributed by atoms with Crippen LogP contribution in [-0.4, -0.2) is 4.98 Å². The lowest BCUT2D eigenvalue weighted by molar-refractivity contribution is 0.566. The van der Waals surface area contributed by atoms with Crippen LogP contribution in [0.2, 0.25) is 0 Å². The molecule has 1 aromatic carbocycles. The summed E-state index contributed by atoms with van der Waals surface area (Å²) in [4.78, 5) is 13.8. The Morgan fingerprint density at radius 1 is 1.41 bits per heavy atom. The second-order valence-electron chi connectivity index (χ2n) is 4.13. The summed E-state index contributed by atoms with van der Waals surface area (Å²) < 4.78 is 0. The van der Waals surface area contributed by atoms with E-state index in [4.69, 9.17) is 0 Å². The molecule has 0 saturated carbocycles. The van der Waals surface area contributed by atoms with Crippen LogP contribution in [0, 0.1) is 6.92 Å². The maximum Gasteiger partial charge on any atom is 0.304 e. The van der Waals surface area contributed by atoms with E-state index in [2.05, 4.69) is 36.3 Å². The van der Waals surface area contributed by atoms with E-state index >= 15 is 0 Å². The van der Waals surface area contributed by atoms with Gasteiger partial charge in [-0.3, -0.25) is 4.79 Å². The van der Waals surface area contributed by atoms with Crippen molar-refractivity contribution in [3.05, 3.63) is 56.1 Å². The van der Waals surface area contributed by atoms with Crippen molar-refractivity contribution >= 4 is 11.3 Å². The molecule has 0 fully saturated rings. The smallest absolute Gasteiger partial charge is 0.304 e. The van der Waals surface area contributed by atoms with Gasteiger partial charge in [0, 0.05) is 23.7 Å². The van der Waals surface area contributed by atoms with Gasteiger partial charge in [-0.15, -0.1) is 0 Å². The molecular weight excluding hydrogens is 232 g/mol. The lowest BCUT2D eigenvalue weighted by Crippen LogP contribution is -2.19. The molecule has 3 nitrogen and oxygen atoms in total. The summed E-state index contributed by atoms with van der Waals surface area (Å²) in [7, 11) is 0. The fourth-order valence-electron chi connectivity index (χ4n) is 1.85. The molecule has 0 spiro atoms. The summed E-state index contributed by atoms with van der Waals surface area (Å²) in [5.41, 5.74) is 3.52. The topological polar surface area (TPSA) is 44.9 Å². The Hall–Kier alpha value is -1.39. The first-order valence-electron chi connectivity index (χ1n) is 5.62. The van der Waals surface area contributed by atoms with Gasteiger partial charge in [-0.1, -0.05) is 35.6 Å². The predicted octanol–water partition coefficient (Wildman–Crippen LogP) is 2.60. The van der Waals surface area contributed by atoms with Gasteiger partial charge in [0.2, 0.25) is 0 Å². The molecule has 1 aromatic heterocycles. The van der Waals surface area contributed by atoms with Crippen molar-refractivity contribution in [3.8, 4) is 0 Å². The Morgan fingerprint density at radius 2 is 2.18 bits per heavy atom. The van der Waals surface area contributed by atoms with Crippen LogP contribution in [0.1, 0.15) is 29.8 Å². The Bertz CT molecular complexity index is 544. The maximum absolute atomic E-state index is 11.0. The van der Waals surface area contributed by atoms with Crippen LogP contribution in [0.25, 0.3) is 0 Å². The van der Waals surface area contributed by atoms with Crippen molar-refractivity contribution in [2.45, 2.75) is 26.4 Å². The van der Waals surface area contributed by atoms with Gasteiger partial charge in [-0.2, -0.15) is 0 Å². The second-order valence-corrected chi connectivity index (χ2v) is 4.97. The number of aromatic nitrogens is 1. The largest absolute Gasteiger partial charge is 0.315 e. The minimum absolute atomic E-state index is 0.00495. The predicted molar refractivity (Wildman–Crippen MR) is 71.4 cm³/mol. The fraction of sp³-hybridized carbons (Fsp3) is 0.308. The fourth-order valence-corrected chi connectivity index (χ4v) is 2.43. The van der Waals surface area contributed by atoms with Crippen molar-refractivity contribution in [3.63, 3.8) is 0 Å². The van der Waals surface area contributed by atoms with Gasteiger partial charge in [-0.05, 0) is 25.0 Å². The summed E-state index contributed by atoms with van der Waals surface area (Å²) in [5.74, 6) is 0. The summed E-state index contributed by atoms with van der Waals surface area (Å²) in [6.07, 6.45) is 0. The molecule has 0 aliphatic carbocycles. The summed E-state index contributed by atoms with van der Waals surface area (Å²) in [6.45, 7) is 4.93. The number of H-pyrrole nitrogens is 1. The quantitative estimate of drug-likeness (QED) is 0.873. The molecule has 1 unspecified atom stereocenters. The van der Waals surface area contributed by atoms with Gasteiger partial charge < -0.3 is 10.3 Å². The highest BCUT2D eigenvalue weighted by atomic mass is 32.1. The van der Waals surface area contributed by atoms with Crippen LogP contribution < -0.4 is 10.2 Å². The number of rotatable bonds is 4. The monoisotopic (exact) mass is 248 g/mol. The highest BCUT2D eigenvalue weighted by molar-refractivity contribution is 7.07. The van der Waals surface area contributed by atoms with Crippen LogP contribution in [-0.2, 0) is 6.54 Å². The van der Waals surface area contributed by atoms with Crippen molar-refractivity contribution < 1.29 is 0 Å². The third kappa shape index (κ3) is 3.05. The van der Waals surface area contributed by atoms with E-state index < -0.39 is 0 Å². The van der Waals surface area contributed by atoms with E-state index in [1.54, 1.807) is 0 Å². The number of nitrogens with one attached hydrogen (secondary N) is 2. The number of thiazole rings is 1. The average molecular weight is 248 g/mol. The van der Waals surface area contributed by atoms with Crippen LogP contribution in [0.3, 0.4) is 0 Å². The highest BCUT2D eigenvalue weighted by Crippen LogP contribution is 2.16. The molecule has 2 rings (SSSR count). The van der Waals surface area contributed by atoms with Gasteiger partial charge in [-0.25, -0.2) is 0 Å². The first-order chi connectivity index (χ1) is 8.16. The SMILES string of the molecule is Cc1ccccc1C(C)NCc1csc(=O)[nH]1. The highest BCUT2D eigenvalue weighted by Gasteiger charge is 2.07. The van der Waals surface area contributed by atoms with E-state index in [1.165, 1.54) is 22.5 Å². The number of aromatic amines is 1. The van der Waals surface area contributed by atoms with Crippen LogP contribution in [0.15, 0.2) is 34.4 Å². The molecule has 2 aromatic rings. The Kier molecular flexibility index (Phi) is 3.76. The average Bonchev–Trinajstić information content (AvgIpc) is 2.73. The lowest BCUT2D eigenvalue weighted by atomic mass is 10.0. The summed E-state index contributed by atoms with van der Waals surface area (Å²) >= 11 is 1.20. The van der Waals surface area contributed by atoms with Crippen molar-refractivity contribution in [1.29, 1.82) is 0 Å². The van der Waals surface area contributed by atoms with Crippen LogP contribution in [0.5, 0.6) is 0 Å². The van der Waals surface area contributed by atoms with E-state index in [-0.39, 0.29) is 10.9 Å². The van der Waals surface area contributed by atoms with E-state index in [0.29, 0.717) is 6.54 Å². The molecule has 1 atom stereocenters.